The van der Waals surface area contributed by atoms with E-state index in [-0.39, 0.29) is 0 Å². The summed E-state index contributed by atoms with van der Waals surface area (Å²) in [5, 5.41) is 3.09. The molecule has 4 rings (SSSR count). The van der Waals surface area contributed by atoms with Gasteiger partial charge >= 0.3 is 0 Å². The van der Waals surface area contributed by atoms with Gasteiger partial charge in [-0.15, -0.1) is 0 Å². The van der Waals surface area contributed by atoms with Gasteiger partial charge in [-0.3, -0.25) is 4.79 Å². The molecule has 0 saturated heterocycles. The van der Waals surface area contributed by atoms with Crippen LogP contribution in [-0.2, 0) is 4.79 Å². The summed E-state index contributed by atoms with van der Waals surface area (Å²) >= 11 is 0. The Kier molecular flexibility index (Phi) is 4.24. The normalized spacial score (nSPS) is 51.9. The molecule has 4 aliphatic carbocycles. The lowest BCUT2D eigenvalue weighted by Crippen LogP contribution is -2.54. The van der Waals surface area contributed by atoms with Crippen LogP contribution in [0.15, 0.2) is 0 Å². The number of amides is 1. The van der Waals surface area contributed by atoms with Crippen LogP contribution >= 0.6 is 0 Å². The Morgan fingerprint density at radius 1 is 0.917 bits per heavy atom. The van der Waals surface area contributed by atoms with E-state index in [1.165, 1.54) is 64.2 Å². The molecule has 2 unspecified atom stereocenters. The standard InChI is InChI=1S/C22H37NO/c1-15(23-14-24)18-9-10-19-17-8-7-16-6-4-5-12-21(16,2)20(17)11-13-22(18,19)3/h14-20H,4-13H2,1-3H3,(H,23,24)/t15?,16?,17-,18+,19-,20-,21-,22+/m0/s1. The molecule has 8 atom stereocenters. The van der Waals surface area contributed by atoms with E-state index in [2.05, 4.69) is 26.1 Å². The number of hydrogen-bond acceptors (Lipinski definition) is 1. The zero-order valence-electron chi connectivity index (χ0n) is 16.0. The molecule has 0 aromatic heterocycles. The monoisotopic (exact) mass is 331 g/mol. The molecule has 2 nitrogen and oxygen atoms in total. The molecule has 1 N–H and O–H groups in total. The van der Waals surface area contributed by atoms with Gasteiger partial charge in [0.2, 0.25) is 6.41 Å². The summed E-state index contributed by atoms with van der Waals surface area (Å²) < 4.78 is 0. The molecule has 0 aliphatic heterocycles. The Hall–Kier alpha value is -0.530. The van der Waals surface area contributed by atoms with Crippen LogP contribution in [-0.4, -0.2) is 12.5 Å². The minimum atomic E-state index is 0.343. The minimum Gasteiger partial charge on any atom is -0.356 e. The van der Waals surface area contributed by atoms with Crippen LogP contribution in [0.3, 0.4) is 0 Å². The SMILES string of the molecule is CC(NC=O)[C@H]1CC[C@H]2[C@@H]3CCC4CCCC[C@]4(C)[C@H]3CC[C@]12C. The number of fused-ring (bicyclic) bond motifs is 5. The minimum absolute atomic E-state index is 0.343. The summed E-state index contributed by atoms with van der Waals surface area (Å²) in [6.45, 7) is 7.47. The molecule has 4 fully saturated rings. The van der Waals surface area contributed by atoms with Gasteiger partial charge in [0.15, 0.2) is 0 Å². The van der Waals surface area contributed by atoms with E-state index in [1.54, 1.807) is 0 Å². The van der Waals surface area contributed by atoms with E-state index in [1.807, 2.05) is 0 Å². The Bertz CT molecular complexity index is 490. The van der Waals surface area contributed by atoms with Crippen molar-refractivity contribution >= 4 is 6.41 Å². The quantitative estimate of drug-likeness (QED) is 0.710. The molecule has 0 heterocycles. The van der Waals surface area contributed by atoms with E-state index in [9.17, 15) is 4.79 Å². The summed E-state index contributed by atoms with van der Waals surface area (Å²) in [6, 6.07) is 0.343. The summed E-state index contributed by atoms with van der Waals surface area (Å²) in [7, 11) is 0. The third-order valence-corrected chi connectivity index (χ3v) is 9.59. The fourth-order valence-electron chi connectivity index (χ4n) is 8.38. The molecule has 4 aliphatic rings. The molecule has 0 aromatic carbocycles. The van der Waals surface area contributed by atoms with Crippen LogP contribution in [0.25, 0.3) is 0 Å². The van der Waals surface area contributed by atoms with Crippen LogP contribution in [0.1, 0.15) is 85.0 Å². The van der Waals surface area contributed by atoms with Crippen molar-refractivity contribution < 1.29 is 4.79 Å². The van der Waals surface area contributed by atoms with Crippen molar-refractivity contribution in [2.45, 2.75) is 91.0 Å². The van der Waals surface area contributed by atoms with Gasteiger partial charge in [-0.1, -0.05) is 26.7 Å². The number of nitrogens with one attached hydrogen (secondary N) is 1. The molecule has 136 valence electrons. The summed E-state index contributed by atoms with van der Waals surface area (Å²) in [5.41, 5.74) is 1.11. The number of carbonyl (C=O) groups excluding carboxylic acids is 1. The van der Waals surface area contributed by atoms with Crippen molar-refractivity contribution in [3.05, 3.63) is 0 Å². The van der Waals surface area contributed by atoms with Crippen LogP contribution in [0, 0.1) is 40.4 Å². The van der Waals surface area contributed by atoms with Crippen molar-refractivity contribution in [1.82, 2.24) is 5.32 Å². The molecule has 0 radical (unpaired) electrons. The van der Waals surface area contributed by atoms with E-state index in [0.717, 1.165) is 30.1 Å². The van der Waals surface area contributed by atoms with E-state index in [0.29, 0.717) is 22.8 Å². The predicted molar refractivity (Wildman–Crippen MR) is 98.5 cm³/mol. The highest BCUT2D eigenvalue weighted by Gasteiger charge is 2.60. The van der Waals surface area contributed by atoms with Crippen LogP contribution in [0.2, 0.25) is 0 Å². The van der Waals surface area contributed by atoms with Gasteiger partial charge in [-0.25, -0.2) is 0 Å². The van der Waals surface area contributed by atoms with Crippen molar-refractivity contribution in [2.75, 3.05) is 0 Å². The van der Waals surface area contributed by atoms with Gasteiger partial charge in [0.25, 0.3) is 0 Å². The molecule has 2 heteroatoms. The highest BCUT2D eigenvalue weighted by Crippen LogP contribution is 2.67. The third kappa shape index (κ3) is 2.31. The Balaban J connectivity index is 1.58. The van der Waals surface area contributed by atoms with Gasteiger partial charge in [0.05, 0.1) is 0 Å². The fraction of sp³-hybridized carbons (Fsp3) is 0.955. The van der Waals surface area contributed by atoms with E-state index in [4.69, 9.17) is 0 Å². The van der Waals surface area contributed by atoms with E-state index >= 15 is 0 Å². The van der Waals surface area contributed by atoms with Gasteiger partial charge in [0.1, 0.15) is 0 Å². The second-order valence-corrected chi connectivity index (χ2v) is 10.2. The van der Waals surface area contributed by atoms with Crippen molar-refractivity contribution in [3.63, 3.8) is 0 Å². The van der Waals surface area contributed by atoms with Crippen molar-refractivity contribution in [3.8, 4) is 0 Å². The largest absolute Gasteiger partial charge is 0.356 e. The Morgan fingerprint density at radius 3 is 2.50 bits per heavy atom. The highest BCUT2D eigenvalue weighted by molar-refractivity contribution is 5.46. The predicted octanol–water partition coefficient (Wildman–Crippen LogP) is 5.17. The molecule has 24 heavy (non-hydrogen) atoms. The van der Waals surface area contributed by atoms with Crippen LogP contribution in [0.4, 0.5) is 0 Å². The van der Waals surface area contributed by atoms with Gasteiger partial charge in [0, 0.05) is 6.04 Å². The Labute approximate surface area is 148 Å². The first-order valence-corrected chi connectivity index (χ1v) is 10.7. The highest BCUT2D eigenvalue weighted by atomic mass is 16.1. The number of hydrogen-bond donors (Lipinski definition) is 1. The van der Waals surface area contributed by atoms with Gasteiger partial charge in [-0.2, -0.15) is 0 Å². The maximum absolute atomic E-state index is 11.0. The number of rotatable bonds is 3. The smallest absolute Gasteiger partial charge is 0.207 e. The molecular formula is C22H37NO. The zero-order chi connectivity index (χ0) is 16.9. The maximum atomic E-state index is 11.0. The first kappa shape index (κ1) is 16.9. The lowest BCUT2D eigenvalue weighted by atomic mass is 9.44. The fourth-order valence-corrected chi connectivity index (χ4v) is 8.38. The molecule has 0 aromatic rings. The average Bonchev–Trinajstić information content (AvgIpc) is 2.92. The lowest BCUT2D eigenvalue weighted by Gasteiger charge is -2.60. The number of carbonyl (C=O) groups is 1. The van der Waals surface area contributed by atoms with Crippen molar-refractivity contribution in [1.29, 1.82) is 0 Å². The Morgan fingerprint density at radius 2 is 1.71 bits per heavy atom. The molecule has 1 amide bonds. The van der Waals surface area contributed by atoms with E-state index < -0.39 is 0 Å². The first-order chi connectivity index (χ1) is 11.5. The lowest BCUT2D eigenvalue weighted by molar-refractivity contribution is -0.116. The zero-order valence-corrected chi connectivity index (χ0v) is 16.0. The molecule has 4 saturated carbocycles. The molecular weight excluding hydrogens is 294 g/mol. The summed E-state index contributed by atoms with van der Waals surface area (Å²) in [6.07, 6.45) is 15.5. The maximum Gasteiger partial charge on any atom is 0.207 e. The summed E-state index contributed by atoms with van der Waals surface area (Å²) in [4.78, 5) is 11.0. The van der Waals surface area contributed by atoms with Gasteiger partial charge in [-0.05, 0) is 98.7 Å². The third-order valence-electron chi connectivity index (χ3n) is 9.59. The van der Waals surface area contributed by atoms with Crippen LogP contribution < -0.4 is 5.32 Å². The first-order valence-electron chi connectivity index (χ1n) is 10.7. The average molecular weight is 332 g/mol. The van der Waals surface area contributed by atoms with Crippen molar-refractivity contribution in [2.24, 2.45) is 40.4 Å². The molecule has 0 spiro atoms. The second-order valence-electron chi connectivity index (χ2n) is 10.2. The van der Waals surface area contributed by atoms with Crippen LogP contribution in [0.5, 0.6) is 0 Å². The van der Waals surface area contributed by atoms with Gasteiger partial charge < -0.3 is 5.32 Å². The summed E-state index contributed by atoms with van der Waals surface area (Å²) in [5.74, 6) is 4.58. The topological polar surface area (TPSA) is 29.1 Å². The second kappa shape index (κ2) is 6.02. The molecule has 0 bridgehead atoms.